The van der Waals surface area contributed by atoms with E-state index in [2.05, 4.69) is 0 Å². The molecule has 0 saturated heterocycles. The summed E-state index contributed by atoms with van der Waals surface area (Å²) in [5.41, 5.74) is -8.23. The summed E-state index contributed by atoms with van der Waals surface area (Å²) >= 11 is 0. The van der Waals surface area contributed by atoms with Gasteiger partial charge in [0.2, 0.25) is 11.3 Å². The lowest BCUT2D eigenvalue weighted by Crippen LogP contribution is -2.74. The lowest BCUT2D eigenvalue weighted by molar-refractivity contribution is -0.497. The molecule has 1 aliphatic rings. The van der Waals surface area contributed by atoms with Crippen molar-refractivity contribution in [2.24, 2.45) is 0 Å². The van der Waals surface area contributed by atoms with Gasteiger partial charge in [0.05, 0.1) is 21.4 Å². The van der Waals surface area contributed by atoms with Crippen molar-refractivity contribution >= 4 is 0 Å². The van der Waals surface area contributed by atoms with Crippen LogP contribution in [0.4, 0.5) is 35.9 Å². The number of halogens is 8. The van der Waals surface area contributed by atoms with Crippen molar-refractivity contribution in [3.63, 3.8) is 0 Å². The van der Waals surface area contributed by atoms with Crippen LogP contribution in [0.5, 0.6) is 0 Å². The predicted octanol–water partition coefficient (Wildman–Crippen LogP) is 3.24. The van der Waals surface area contributed by atoms with E-state index in [1.54, 1.807) is 0 Å². The van der Waals surface area contributed by atoms with Crippen molar-refractivity contribution in [2.75, 3.05) is 0 Å². The largest absolute Gasteiger partial charge is 0.237 e. The topological polar surface area (TPSA) is 13.0 Å². The molecule has 0 aliphatic heterocycles. The number of rotatable bonds is 4. The second kappa shape index (κ2) is 5.11. The van der Waals surface area contributed by atoms with E-state index in [-0.39, 0.29) is 12.8 Å². The number of hydrogen-bond donors (Lipinski definition) is 0. The van der Waals surface area contributed by atoms with Gasteiger partial charge in [-0.05, 0) is 25.7 Å². The molecular formula is C6H8F8N4. The van der Waals surface area contributed by atoms with E-state index in [1.165, 1.54) is 0 Å². The molecule has 0 radical (unpaired) electrons. The van der Waals surface area contributed by atoms with Crippen LogP contribution in [0.2, 0.25) is 0 Å². The van der Waals surface area contributed by atoms with Crippen LogP contribution in [0.3, 0.4) is 0 Å². The van der Waals surface area contributed by atoms with Gasteiger partial charge in [0.1, 0.15) is 0 Å². The van der Waals surface area contributed by atoms with Gasteiger partial charge in [-0.1, -0.05) is 35.9 Å². The van der Waals surface area contributed by atoms with E-state index in [0.29, 0.717) is 0 Å². The zero-order valence-corrected chi connectivity index (χ0v) is 8.64. The van der Waals surface area contributed by atoms with Crippen LogP contribution >= 0.6 is 0 Å². The van der Waals surface area contributed by atoms with E-state index in [4.69, 9.17) is 0 Å². The van der Waals surface area contributed by atoms with Crippen molar-refractivity contribution < 1.29 is 35.9 Å². The predicted molar refractivity (Wildman–Crippen MR) is 40.2 cm³/mol. The SMILES string of the molecule is FN(F)C1(N(F)F)CCCCC1(N(F)F)N(F)F. The molecule has 1 aliphatic carbocycles. The summed E-state index contributed by atoms with van der Waals surface area (Å²) < 4.78 is 101. The average Bonchev–Trinajstić information content (AvgIpc) is 2.27. The molecule has 0 bridgehead atoms. The summed E-state index contributed by atoms with van der Waals surface area (Å²) in [6.07, 6.45) is -3.14. The van der Waals surface area contributed by atoms with E-state index in [1.807, 2.05) is 0 Å². The van der Waals surface area contributed by atoms with E-state index in [9.17, 15) is 35.9 Å². The van der Waals surface area contributed by atoms with Gasteiger partial charge in [-0.15, -0.1) is 0 Å². The molecule has 1 fully saturated rings. The van der Waals surface area contributed by atoms with Gasteiger partial charge >= 0.3 is 0 Å². The zero-order valence-electron chi connectivity index (χ0n) is 8.64. The second-order valence-electron chi connectivity index (χ2n) is 3.77. The lowest BCUT2D eigenvalue weighted by atomic mass is 9.80. The molecule has 0 aromatic rings. The molecule has 4 nitrogen and oxygen atoms in total. The third-order valence-corrected chi connectivity index (χ3v) is 3.06. The van der Waals surface area contributed by atoms with Crippen molar-refractivity contribution in [1.82, 2.24) is 21.4 Å². The molecule has 0 amide bonds. The third kappa shape index (κ3) is 1.83. The Bertz CT molecular complexity index is 241. The van der Waals surface area contributed by atoms with E-state index >= 15 is 0 Å². The maximum Gasteiger partial charge on any atom is 0.237 e. The maximum absolute atomic E-state index is 12.6. The highest BCUT2D eigenvalue weighted by Gasteiger charge is 2.73. The number of hydrogen-bond acceptors (Lipinski definition) is 4. The summed E-state index contributed by atoms with van der Waals surface area (Å²) in [5, 5.41) is -9.20. The Kier molecular flexibility index (Phi) is 4.35. The van der Waals surface area contributed by atoms with Gasteiger partial charge < -0.3 is 0 Å². The highest BCUT2D eigenvalue weighted by molar-refractivity contribution is 5.03. The summed E-state index contributed by atoms with van der Waals surface area (Å²) in [4.78, 5) is 0. The first-order valence-corrected chi connectivity index (χ1v) is 4.70. The standard InChI is InChI=1S/C6H8F8N4/c7-15(8)5(16(9)10)3-1-2-4-6(5,17(11)12)18(13)14/h1-4H2. The highest BCUT2D eigenvalue weighted by atomic mass is 19.4. The van der Waals surface area contributed by atoms with Crippen LogP contribution in [-0.2, 0) is 0 Å². The molecule has 12 heteroatoms. The van der Waals surface area contributed by atoms with Crippen molar-refractivity contribution in [3.05, 3.63) is 0 Å². The Morgan fingerprint density at radius 3 is 0.889 bits per heavy atom. The molecule has 0 atom stereocenters. The van der Waals surface area contributed by atoms with Crippen LogP contribution in [0, 0.1) is 0 Å². The minimum absolute atomic E-state index is 0.321. The average molecular weight is 288 g/mol. The normalized spacial score (nSPS) is 23.3. The first kappa shape index (κ1) is 15.3. The minimum atomic E-state index is -4.11. The van der Waals surface area contributed by atoms with Crippen LogP contribution in [0.15, 0.2) is 0 Å². The molecule has 0 unspecified atom stereocenters. The highest BCUT2D eigenvalue weighted by Crippen LogP contribution is 2.51. The molecule has 0 aromatic heterocycles. The quantitative estimate of drug-likeness (QED) is 0.447. The fraction of sp³-hybridized carbons (Fsp3) is 1.00. The lowest BCUT2D eigenvalue weighted by Gasteiger charge is -2.49. The summed E-state index contributed by atoms with van der Waals surface area (Å²) in [7, 11) is 0. The van der Waals surface area contributed by atoms with Crippen molar-refractivity contribution in [3.8, 4) is 0 Å². The summed E-state index contributed by atoms with van der Waals surface area (Å²) in [6, 6.07) is 0. The molecule has 0 heterocycles. The van der Waals surface area contributed by atoms with Gasteiger partial charge in [-0.2, -0.15) is 0 Å². The first-order valence-electron chi connectivity index (χ1n) is 4.70. The fourth-order valence-corrected chi connectivity index (χ4v) is 2.14. The van der Waals surface area contributed by atoms with Crippen molar-refractivity contribution in [2.45, 2.75) is 37.0 Å². The Morgan fingerprint density at radius 1 is 0.500 bits per heavy atom. The number of nitrogens with zero attached hydrogens (tertiary/aromatic N) is 4. The second-order valence-corrected chi connectivity index (χ2v) is 3.77. The van der Waals surface area contributed by atoms with Gasteiger partial charge in [0.25, 0.3) is 0 Å². The van der Waals surface area contributed by atoms with Crippen molar-refractivity contribution in [1.29, 1.82) is 0 Å². The van der Waals surface area contributed by atoms with Gasteiger partial charge in [-0.3, -0.25) is 0 Å². The molecule has 18 heavy (non-hydrogen) atoms. The van der Waals surface area contributed by atoms with Crippen LogP contribution in [-0.4, -0.2) is 32.7 Å². The summed E-state index contributed by atoms with van der Waals surface area (Å²) in [6.45, 7) is 0. The molecular weight excluding hydrogens is 280 g/mol. The van der Waals surface area contributed by atoms with Gasteiger partial charge in [0.15, 0.2) is 0 Å². The Labute approximate surface area is 95.4 Å². The molecule has 0 aromatic carbocycles. The molecule has 1 saturated carbocycles. The molecule has 0 spiro atoms. The monoisotopic (exact) mass is 288 g/mol. The van der Waals surface area contributed by atoms with E-state index < -0.39 is 45.5 Å². The molecule has 0 N–H and O–H groups in total. The van der Waals surface area contributed by atoms with Gasteiger partial charge in [0, 0.05) is 0 Å². The maximum atomic E-state index is 12.6. The summed E-state index contributed by atoms with van der Waals surface area (Å²) in [5.74, 6) is 0. The third-order valence-electron chi connectivity index (χ3n) is 3.06. The Hall–Kier alpha value is -0.720. The van der Waals surface area contributed by atoms with E-state index in [0.717, 1.165) is 0 Å². The first-order chi connectivity index (χ1) is 8.23. The Morgan fingerprint density at radius 2 is 0.722 bits per heavy atom. The minimum Gasteiger partial charge on any atom is -0.0992 e. The van der Waals surface area contributed by atoms with Crippen LogP contribution in [0.1, 0.15) is 25.7 Å². The molecule has 108 valence electrons. The van der Waals surface area contributed by atoms with Crippen LogP contribution in [0.25, 0.3) is 0 Å². The Balaban J connectivity index is 3.41. The zero-order chi connectivity index (χ0) is 14.1. The van der Waals surface area contributed by atoms with Gasteiger partial charge in [-0.25, -0.2) is 0 Å². The molecule has 1 rings (SSSR count). The smallest absolute Gasteiger partial charge is 0.0992 e. The van der Waals surface area contributed by atoms with Crippen LogP contribution < -0.4 is 0 Å². The fourth-order valence-electron chi connectivity index (χ4n) is 2.14.